The van der Waals surface area contributed by atoms with E-state index >= 15 is 0 Å². The molecule has 0 unspecified atom stereocenters. The van der Waals surface area contributed by atoms with Crippen LogP contribution < -0.4 is 5.32 Å². The number of hydrogen-bond acceptors (Lipinski definition) is 2. The third-order valence-corrected chi connectivity index (χ3v) is 2.97. The lowest BCUT2D eigenvalue weighted by molar-refractivity contribution is -0.119. The van der Waals surface area contributed by atoms with Gasteiger partial charge >= 0.3 is 0 Å². The summed E-state index contributed by atoms with van der Waals surface area (Å²) in [5, 5.41) is 11.6. The van der Waals surface area contributed by atoms with Crippen molar-refractivity contribution in [2.45, 2.75) is 12.8 Å². The molecule has 1 aromatic rings. The number of benzene rings is 1. The van der Waals surface area contributed by atoms with Gasteiger partial charge in [-0.2, -0.15) is 5.26 Å². The van der Waals surface area contributed by atoms with E-state index in [1.165, 1.54) is 0 Å². The molecule has 1 saturated carbocycles. The van der Waals surface area contributed by atoms with Gasteiger partial charge in [0, 0.05) is 10.2 Å². The fourth-order valence-corrected chi connectivity index (χ4v) is 1.73. The smallest absolute Gasteiger partial charge is 0.244 e. The van der Waals surface area contributed by atoms with Gasteiger partial charge in [-0.25, -0.2) is 0 Å². The average molecular weight is 265 g/mol. The summed E-state index contributed by atoms with van der Waals surface area (Å²) in [5.74, 6) is -0.192. The molecule has 0 aromatic heterocycles. The maximum Gasteiger partial charge on any atom is 0.244 e. The van der Waals surface area contributed by atoms with E-state index in [4.69, 9.17) is 5.26 Å². The van der Waals surface area contributed by atoms with Crippen LogP contribution in [0.3, 0.4) is 0 Å². The second-order valence-electron chi connectivity index (χ2n) is 3.66. The van der Waals surface area contributed by atoms with Crippen LogP contribution in [0.25, 0.3) is 0 Å². The number of hydrogen-bond donors (Lipinski definition) is 1. The van der Waals surface area contributed by atoms with Crippen LogP contribution in [-0.2, 0) is 4.79 Å². The minimum atomic E-state index is -0.762. The minimum absolute atomic E-state index is 0.192. The molecule has 4 heteroatoms. The SMILES string of the molecule is N#CC1(C(=O)Nc2cccc(Br)c2)CC1. The lowest BCUT2D eigenvalue weighted by atomic mass is 10.1. The first-order valence-electron chi connectivity index (χ1n) is 4.65. The van der Waals surface area contributed by atoms with Crippen molar-refractivity contribution >= 4 is 27.5 Å². The number of carbonyl (C=O) groups excluding carboxylic acids is 1. The Morgan fingerprint density at radius 3 is 2.80 bits per heavy atom. The first-order valence-corrected chi connectivity index (χ1v) is 5.44. The predicted molar refractivity (Wildman–Crippen MR) is 60.1 cm³/mol. The topological polar surface area (TPSA) is 52.9 Å². The fraction of sp³-hybridized carbons (Fsp3) is 0.273. The highest BCUT2D eigenvalue weighted by Crippen LogP contribution is 2.45. The molecule has 0 saturated heterocycles. The van der Waals surface area contributed by atoms with Gasteiger partial charge in [0.25, 0.3) is 0 Å². The Balaban J connectivity index is 2.10. The van der Waals surface area contributed by atoms with E-state index in [1.54, 1.807) is 6.07 Å². The Morgan fingerprint density at radius 2 is 2.27 bits per heavy atom. The summed E-state index contributed by atoms with van der Waals surface area (Å²) in [6, 6.07) is 9.40. The highest BCUT2D eigenvalue weighted by molar-refractivity contribution is 9.10. The molecule has 15 heavy (non-hydrogen) atoms. The monoisotopic (exact) mass is 264 g/mol. The van der Waals surface area contributed by atoms with E-state index in [0.29, 0.717) is 12.8 Å². The van der Waals surface area contributed by atoms with Gasteiger partial charge in [-0.15, -0.1) is 0 Å². The van der Waals surface area contributed by atoms with E-state index in [0.717, 1.165) is 10.2 Å². The molecule has 0 atom stereocenters. The lowest BCUT2D eigenvalue weighted by Gasteiger charge is -2.07. The van der Waals surface area contributed by atoms with Gasteiger partial charge in [0.1, 0.15) is 5.41 Å². The molecule has 0 spiro atoms. The molecule has 0 heterocycles. The molecule has 0 aliphatic heterocycles. The summed E-state index contributed by atoms with van der Waals surface area (Å²) in [7, 11) is 0. The Bertz CT molecular complexity index is 446. The summed E-state index contributed by atoms with van der Waals surface area (Å²) in [6.45, 7) is 0. The lowest BCUT2D eigenvalue weighted by Crippen LogP contribution is -2.22. The number of anilines is 1. The summed E-state index contributed by atoms with van der Waals surface area (Å²) >= 11 is 3.32. The maximum atomic E-state index is 11.7. The van der Waals surface area contributed by atoms with Crippen LogP contribution in [0.15, 0.2) is 28.7 Å². The molecule has 1 aromatic carbocycles. The molecule has 1 N–H and O–H groups in total. The van der Waals surface area contributed by atoms with Crippen molar-refractivity contribution < 1.29 is 4.79 Å². The van der Waals surface area contributed by atoms with Crippen molar-refractivity contribution in [1.29, 1.82) is 5.26 Å². The number of nitrogens with one attached hydrogen (secondary N) is 1. The maximum absolute atomic E-state index is 11.7. The molecule has 2 rings (SSSR count). The van der Waals surface area contributed by atoms with Gasteiger partial charge < -0.3 is 5.32 Å². The van der Waals surface area contributed by atoms with E-state index in [1.807, 2.05) is 18.2 Å². The molecule has 3 nitrogen and oxygen atoms in total. The van der Waals surface area contributed by atoms with E-state index in [-0.39, 0.29) is 5.91 Å². The van der Waals surface area contributed by atoms with Crippen LogP contribution in [0, 0.1) is 16.7 Å². The van der Waals surface area contributed by atoms with Crippen molar-refractivity contribution in [3.8, 4) is 6.07 Å². The highest BCUT2D eigenvalue weighted by atomic mass is 79.9. The quantitative estimate of drug-likeness (QED) is 0.893. The van der Waals surface area contributed by atoms with Crippen LogP contribution in [0.1, 0.15) is 12.8 Å². The molecule has 0 radical (unpaired) electrons. The average Bonchev–Trinajstić information content (AvgIpc) is 2.98. The first kappa shape index (κ1) is 10.2. The van der Waals surface area contributed by atoms with Gasteiger partial charge in [-0.3, -0.25) is 4.79 Å². The van der Waals surface area contributed by atoms with Gasteiger partial charge in [-0.1, -0.05) is 22.0 Å². The van der Waals surface area contributed by atoms with Gasteiger partial charge in [0.2, 0.25) is 5.91 Å². The van der Waals surface area contributed by atoms with Crippen LogP contribution in [-0.4, -0.2) is 5.91 Å². The van der Waals surface area contributed by atoms with Crippen molar-refractivity contribution in [3.63, 3.8) is 0 Å². The van der Waals surface area contributed by atoms with Crippen molar-refractivity contribution in [1.82, 2.24) is 0 Å². The van der Waals surface area contributed by atoms with Crippen LogP contribution >= 0.6 is 15.9 Å². The third kappa shape index (κ3) is 2.02. The zero-order valence-corrected chi connectivity index (χ0v) is 9.54. The van der Waals surface area contributed by atoms with Crippen molar-refractivity contribution in [2.75, 3.05) is 5.32 Å². The van der Waals surface area contributed by atoms with Crippen molar-refractivity contribution in [3.05, 3.63) is 28.7 Å². The Kier molecular flexibility index (Phi) is 2.49. The van der Waals surface area contributed by atoms with Crippen LogP contribution in [0.4, 0.5) is 5.69 Å². The van der Waals surface area contributed by atoms with E-state index < -0.39 is 5.41 Å². The largest absolute Gasteiger partial charge is 0.325 e. The summed E-state index contributed by atoms with van der Waals surface area (Å²) in [6.07, 6.45) is 1.34. The summed E-state index contributed by atoms with van der Waals surface area (Å²) in [5.41, 5.74) is -0.0432. The molecule has 1 amide bonds. The number of halogens is 1. The van der Waals surface area contributed by atoms with Crippen LogP contribution in [0.2, 0.25) is 0 Å². The first-order chi connectivity index (χ1) is 7.16. The minimum Gasteiger partial charge on any atom is -0.325 e. The standard InChI is InChI=1S/C11H9BrN2O/c12-8-2-1-3-9(6-8)14-10(15)11(7-13)4-5-11/h1-3,6H,4-5H2,(H,14,15). The number of rotatable bonds is 2. The summed E-state index contributed by atoms with van der Waals surface area (Å²) in [4.78, 5) is 11.7. The van der Waals surface area contributed by atoms with Gasteiger partial charge in [0.05, 0.1) is 6.07 Å². The van der Waals surface area contributed by atoms with Crippen LogP contribution in [0.5, 0.6) is 0 Å². The molecule has 1 aliphatic rings. The molecular weight excluding hydrogens is 256 g/mol. The van der Waals surface area contributed by atoms with Crippen molar-refractivity contribution in [2.24, 2.45) is 5.41 Å². The zero-order chi connectivity index (χ0) is 10.9. The van der Waals surface area contributed by atoms with E-state index in [9.17, 15) is 4.79 Å². The Labute approximate surface area is 96.2 Å². The Morgan fingerprint density at radius 1 is 1.53 bits per heavy atom. The predicted octanol–water partition coefficient (Wildman–Crippen LogP) is 2.69. The normalized spacial score (nSPS) is 16.5. The summed E-state index contributed by atoms with van der Waals surface area (Å²) < 4.78 is 0.905. The molecule has 76 valence electrons. The fourth-order valence-electron chi connectivity index (χ4n) is 1.33. The second-order valence-corrected chi connectivity index (χ2v) is 4.57. The van der Waals surface area contributed by atoms with Gasteiger partial charge in [-0.05, 0) is 31.0 Å². The Hall–Kier alpha value is -1.34. The number of nitriles is 1. The van der Waals surface area contributed by atoms with Gasteiger partial charge in [0.15, 0.2) is 0 Å². The molecule has 1 aliphatic carbocycles. The zero-order valence-electron chi connectivity index (χ0n) is 7.96. The third-order valence-electron chi connectivity index (χ3n) is 2.48. The molecular formula is C11H9BrN2O. The number of carbonyl (C=O) groups is 1. The highest BCUT2D eigenvalue weighted by Gasteiger charge is 2.50. The van der Waals surface area contributed by atoms with E-state index in [2.05, 4.69) is 27.3 Å². The second kappa shape index (κ2) is 3.67. The number of amides is 1. The molecule has 1 fully saturated rings. The molecule has 0 bridgehead atoms. The number of nitrogens with zero attached hydrogens (tertiary/aromatic N) is 1.